The fourth-order valence-corrected chi connectivity index (χ4v) is 19.5. The van der Waals surface area contributed by atoms with Crippen LogP contribution >= 0.6 is 0 Å². The van der Waals surface area contributed by atoms with Crippen LogP contribution in [0.5, 0.6) is 0 Å². The van der Waals surface area contributed by atoms with E-state index in [0.717, 1.165) is 33.9 Å². The van der Waals surface area contributed by atoms with E-state index >= 15 is 0 Å². The van der Waals surface area contributed by atoms with E-state index in [2.05, 4.69) is 393 Å². The van der Waals surface area contributed by atoms with Crippen molar-refractivity contribution in [2.75, 3.05) is 9.80 Å². The molecule has 1 aromatic heterocycles. The molecule has 3 aliphatic heterocycles. The van der Waals surface area contributed by atoms with Crippen LogP contribution in [-0.4, -0.2) is 11.3 Å². The molecule has 15 aromatic rings. The molecule has 111 heavy (non-hydrogen) atoms. The van der Waals surface area contributed by atoms with Crippen molar-refractivity contribution in [1.29, 1.82) is 0 Å². The Morgan fingerprint density at radius 3 is 1.18 bits per heavy atom. The molecule has 0 saturated carbocycles. The van der Waals surface area contributed by atoms with E-state index in [0.29, 0.717) is 35.5 Å². The highest BCUT2D eigenvalue weighted by molar-refractivity contribution is 7.00. The lowest BCUT2D eigenvalue weighted by Gasteiger charge is -2.45. The van der Waals surface area contributed by atoms with Gasteiger partial charge in [-0.2, -0.15) is 0 Å². The molecular weight excluding hydrogens is 1340 g/mol. The SMILES string of the molecule is Cc1cccc(C)c1-c1cccc(N2c3cc(-c4c(C)cccc4C)ccc3B3c4ccc(-n5c6ccc(-c7c(C(C)C)cc(C(C)C)cc7C(C)C)cc6c6cc(-c7c(C(C)C)cc(C(C)C)cc7C(C)C)ccc65)cc4N4c5cc(cc2c53)-c2c(C)cccc2-c2cccc(c2)-c2cccc(-c3ccccc3)c24)c1. The van der Waals surface area contributed by atoms with Gasteiger partial charge >= 0.3 is 0 Å². The van der Waals surface area contributed by atoms with Crippen LogP contribution in [0.2, 0.25) is 0 Å². The molecule has 4 heteroatoms. The summed E-state index contributed by atoms with van der Waals surface area (Å²) in [5, 5.41) is 2.50. The lowest BCUT2D eigenvalue weighted by atomic mass is 9.33. The Balaban J connectivity index is 0.982. The van der Waals surface area contributed by atoms with Crippen LogP contribution in [0.15, 0.2) is 261 Å². The van der Waals surface area contributed by atoms with Gasteiger partial charge in [0.15, 0.2) is 0 Å². The maximum atomic E-state index is 2.74. The van der Waals surface area contributed by atoms with Crippen molar-refractivity contribution in [2.45, 2.75) is 153 Å². The van der Waals surface area contributed by atoms with Gasteiger partial charge in [-0.3, -0.25) is 0 Å². The molecular formula is C107H100BN3. The Kier molecular flexibility index (Phi) is 17.7. The second-order valence-electron chi connectivity index (χ2n) is 34.2. The molecule has 546 valence electrons. The van der Waals surface area contributed by atoms with Gasteiger partial charge in [0.1, 0.15) is 0 Å². The van der Waals surface area contributed by atoms with E-state index in [1.807, 2.05) is 0 Å². The van der Waals surface area contributed by atoms with Crippen LogP contribution in [0, 0.1) is 34.6 Å². The lowest BCUT2D eigenvalue weighted by Crippen LogP contribution is -2.61. The lowest BCUT2D eigenvalue weighted by molar-refractivity contribution is 0.807. The summed E-state index contributed by atoms with van der Waals surface area (Å²) < 4.78 is 2.62. The fraction of sp³-hybridized carbons (Fsp3) is 0.215. The number of hydrogen-bond acceptors (Lipinski definition) is 2. The van der Waals surface area contributed by atoms with Crippen LogP contribution in [-0.2, 0) is 0 Å². The first-order valence-corrected chi connectivity index (χ1v) is 40.7. The number of aromatic nitrogens is 1. The molecule has 18 rings (SSSR count). The van der Waals surface area contributed by atoms with Crippen LogP contribution in [0.3, 0.4) is 0 Å². The Hall–Kier alpha value is -11.5. The van der Waals surface area contributed by atoms with Gasteiger partial charge in [0.25, 0.3) is 6.71 Å². The largest absolute Gasteiger partial charge is 0.311 e. The van der Waals surface area contributed by atoms with Crippen LogP contribution in [0.1, 0.15) is 180 Å². The predicted octanol–water partition coefficient (Wildman–Crippen LogP) is 28.8. The quantitative estimate of drug-likeness (QED) is 0.107. The van der Waals surface area contributed by atoms with Gasteiger partial charge < -0.3 is 14.4 Å². The van der Waals surface area contributed by atoms with E-state index in [4.69, 9.17) is 0 Å². The van der Waals surface area contributed by atoms with Crippen molar-refractivity contribution in [2.24, 2.45) is 0 Å². The van der Waals surface area contributed by atoms with Gasteiger partial charge in [-0.25, -0.2) is 0 Å². The summed E-state index contributed by atoms with van der Waals surface area (Å²) in [5.41, 5.74) is 48.7. The van der Waals surface area contributed by atoms with E-state index in [1.54, 1.807) is 0 Å². The number of nitrogens with zero attached hydrogens (tertiary/aromatic N) is 3. The van der Waals surface area contributed by atoms with Crippen LogP contribution in [0.4, 0.5) is 34.1 Å². The molecule has 0 fully saturated rings. The fourth-order valence-electron chi connectivity index (χ4n) is 19.5. The molecule has 4 bridgehead atoms. The number of hydrogen-bond donors (Lipinski definition) is 0. The first-order chi connectivity index (χ1) is 53.6. The highest BCUT2D eigenvalue weighted by atomic mass is 15.2. The summed E-state index contributed by atoms with van der Waals surface area (Å²) >= 11 is 0. The molecule has 0 amide bonds. The summed E-state index contributed by atoms with van der Waals surface area (Å²) in [5.74, 6) is 2.10. The Labute approximate surface area is 659 Å². The molecule has 14 aromatic carbocycles. The molecule has 4 heterocycles. The third-order valence-corrected chi connectivity index (χ3v) is 25.0. The first kappa shape index (κ1) is 71.2. The second kappa shape index (κ2) is 27.5. The van der Waals surface area contributed by atoms with Crippen molar-refractivity contribution in [1.82, 2.24) is 4.57 Å². The molecule has 3 aliphatic rings. The number of fused-ring (bicyclic) bond motifs is 17. The van der Waals surface area contributed by atoms with E-state index in [1.165, 1.54) is 194 Å². The Morgan fingerprint density at radius 2 is 0.649 bits per heavy atom. The zero-order valence-corrected chi connectivity index (χ0v) is 67.7. The highest BCUT2D eigenvalue weighted by Gasteiger charge is 2.46. The summed E-state index contributed by atoms with van der Waals surface area (Å²) in [6, 6.07) is 103. The average Bonchev–Trinajstić information content (AvgIpc) is 1.34. The Bertz CT molecular complexity index is 6080. The van der Waals surface area contributed by atoms with Crippen molar-refractivity contribution in [3.63, 3.8) is 0 Å². The Morgan fingerprint density at radius 1 is 0.252 bits per heavy atom. The normalized spacial score (nSPS) is 12.8. The van der Waals surface area contributed by atoms with Gasteiger partial charge in [-0.1, -0.05) is 271 Å². The number of para-hydroxylation sites is 1. The van der Waals surface area contributed by atoms with Gasteiger partial charge in [-0.15, -0.1) is 0 Å². The number of aryl methyl sites for hydroxylation is 5. The van der Waals surface area contributed by atoms with Crippen molar-refractivity contribution in [3.8, 4) is 94.7 Å². The third-order valence-electron chi connectivity index (χ3n) is 25.0. The standard InChI is InChI=1S/C107H100BN3/c1-61(2)79-53-87(63(5)6)104(88(54-79)64(7)8)76-42-47-95-91(51-76)92-52-77(105-89(65(9)10)55-80(62(3)4)56-90(105)66(11)12)43-48-96(92)109(95)83-44-46-94-98(60-83)111-100-59-81(103-71(17)31-23-38-84(103)73-34-24-35-74(49-73)86-40-26-39-85(107(86)111)72-32-19-18-20-33-72)58-99-106(100)108(94)93-45-41-78(102-69(15)29-22-30-70(102)16)57-97(93)110(99)82-37-25-36-75(50-82)101-67(13)27-21-28-68(101)14/h18-66H,1-17H3. The molecule has 0 aliphatic carbocycles. The number of anilines is 6. The molecule has 3 nitrogen and oxygen atoms in total. The van der Waals surface area contributed by atoms with Crippen LogP contribution in [0.25, 0.3) is 117 Å². The topological polar surface area (TPSA) is 11.4 Å². The molecule has 0 spiro atoms. The summed E-state index contributed by atoms with van der Waals surface area (Å²) in [6.07, 6.45) is 0. The van der Waals surface area contributed by atoms with Gasteiger partial charge in [0.05, 0.1) is 16.7 Å². The molecule has 0 unspecified atom stereocenters. The van der Waals surface area contributed by atoms with Crippen LogP contribution < -0.4 is 26.2 Å². The minimum Gasteiger partial charge on any atom is -0.311 e. The maximum Gasteiger partial charge on any atom is 0.252 e. The van der Waals surface area contributed by atoms with E-state index in [-0.39, 0.29) is 6.71 Å². The summed E-state index contributed by atoms with van der Waals surface area (Å²) in [4.78, 5) is 5.39. The first-order valence-electron chi connectivity index (χ1n) is 40.7. The van der Waals surface area contributed by atoms with Gasteiger partial charge in [-0.05, 0) is 298 Å². The monoisotopic (exact) mass is 1440 g/mol. The third kappa shape index (κ3) is 11.7. The zero-order chi connectivity index (χ0) is 76.9. The summed E-state index contributed by atoms with van der Waals surface area (Å²) in [6.45, 7) is 39.7. The van der Waals surface area contributed by atoms with Crippen molar-refractivity contribution < 1.29 is 0 Å². The highest BCUT2D eigenvalue weighted by Crippen LogP contribution is 2.55. The maximum absolute atomic E-state index is 2.74. The van der Waals surface area contributed by atoms with Crippen molar-refractivity contribution >= 4 is 79.0 Å². The molecule has 0 atom stereocenters. The molecule has 0 radical (unpaired) electrons. The van der Waals surface area contributed by atoms with Crippen molar-refractivity contribution in [3.05, 3.63) is 322 Å². The minimum atomic E-state index is -0.192. The minimum absolute atomic E-state index is 0.192. The number of rotatable bonds is 13. The second-order valence-corrected chi connectivity index (χ2v) is 34.2. The smallest absolute Gasteiger partial charge is 0.252 e. The predicted molar refractivity (Wildman–Crippen MR) is 480 cm³/mol. The molecule has 0 N–H and O–H groups in total. The zero-order valence-electron chi connectivity index (χ0n) is 67.7. The van der Waals surface area contributed by atoms with E-state index in [9.17, 15) is 0 Å². The van der Waals surface area contributed by atoms with Gasteiger partial charge in [0.2, 0.25) is 0 Å². The average molecular weight is 1440 g/mol. The molecule has 0 saturated heterocycles. The van der Waals surface area contributed by atoms with E-state index < -0.39 is 0 Å². The van der Waals surface area contributed by atoms with Gasteiger partial charge in [0, 0.05) is 56.0 Å². The summed E-state index contributed by atoms with van der Waals surface area (Å²) in [7, 11) is 0. The number of benzene rings is 14.